The van der Waals surface area contributed by atoms with Gasteiger partial charge < -0.3 is 14.1 Å². The highest BCUT2D eigenvalue weighted by Gasteiger charge is 2.32. The van der Waals surface area contributed by atoms with E-state index in [9.17, 15) is 5.11 Å². The monoisotopic (exact) mass is 210 g/mol. The quantitative estimate of drug-likeness (QED) is 0.403. The van der Waals surface area contributed by atoms with Crippen molar-refractivity contribution < 1.29 is 14.1 Å². The van der Waals surface area contributed by atoms with E-state index in [1.807, 2.05) is 42.3 Å². The third-order valence-corrected chi connectivity index (χ3v) is 2.67. The molecule has 3 nitrogen and oxygen atoms in total. The lowest BCUT2D eigenvalue weighted by molar-refractivity contribution is -0.903. The SMILES string of the molecule is C[N+](C)(C)CC(O)C(Cl)[N+](C)(C)C. The van der Waals surface area contributed by atoms with Crippen LogP contribution in [0, 0.1) is 0 Å². The predicted molar refractivity (Wildman–Crippen MR) is 56.6 cm³/mol. The smallest absolute Gasteiger partial charge is 0.196 e. The summed E-state index contributed by atoms with van der Waals surface area (Å²) in [5.74, 6) is 0. The Morgan fingerprint density at radius 2 is 1.46 bits per heavy atom. The molecule has 13 heavy (non-hydrogen) atoms. The normalized spacial score (nSPS) is 18.5. The summed E-state index contributed by atoms with van der Waals surface area (Å²) in [5, 5.41) is 9.83. The van der Waals surface area contributed by atoms with Gasteiger partial charge in [0.15, 0.2) is 11.6 Å². The molecular formula is C9H23ClN2O+2. The van der Waals surface area contributed by atoms with E-state index < -0.39 is 6.10 Å². The Bertz CT molecular complexity index is 160. The summed E-state index contributed by atoms with van der Waals surface area (Å²) in [5.41, 5.74) is -0.252. The minimum absolute atomic E-state index is 0.252. The molecule has 0 saturated carbocycles. The second kappa shape index (κ2) is 4.13. The highest BCUT2D eigenvalue weighted by Crippen LogP contribution is 2.14. The fourth-order valence-corrected chi connectivity index (χ4v) is 1.24. The van der Waals surface area contributed by atoms with Crippen molar-refractivity contribution in [2.75, 3.05) is 48.8 Å². The lowest BCUT2D eigenvalue weighted by atomic mass is 10.2. The van der Waals surface area contributed by atoms with E-state index in [4.69, 9.17) is 11.6 Å². The van der Waals surface area contributed by atoms with E-state index in [1.54, 1.807) is 0 Å². The molecule has 0 aliphatic carbocycles. The van der Waals surface area contributed by atoms with Gasteiger partial charge in [-0.05, 0) is 0 Å². The van der Waals surface area contributed by atoms with E-state index in [0.717, 1.165) is 4.48 Å². The van der Waals surface area contributed by atoms with Gasteiger partial charge in [-0.1, -0.05) is 11.6 Å². The molecule has 0 bridgehead atoms. The minimum atomic E-state index is -0.471. The molecule has 0 rings (SSSR count). The number of likely N-dealkylation sites (N-methyl/N-ethyl adjacent to an activating group) is 2. The van der Waals surface area contributed by atoms with E-state index in [0.29, 0.717) is 11.0 Å². The van der Waals surface area contributed by atoms with Gasteiger partial charge in [0.2, 0.25) is 0 Å². The van der Waals surface area contributed by atoms with Gasteiger partial charge in [0.05, 0.1) is 42.3 Å². The van der Waals surface area contributed by atoms with E-state index in [-0.39, 0.29) is 5.50 Å². The van der Waals surface area contributed by atoms with E-state index >= 15 is 0 Å². The summed E-state index contributed by atoms with van der Waals surface area (Å²) < 4.78 is 1.30. The van der Waals surface area contributed by atoms with Gasteiger partial charge in [0.1, 0.15) is 6.54 Å². The number of nitrogens with zero attached hydrogens (tertiary/aromatic N) is 2. The van der Waals surface area contributed by atoms with Crippen LogP contribution in [0.15, 0.2) is 0 Å². The predicted octanol–water partition coefficient (Wildman–Crippen LogP) is 0.325. The molecule has 0 fully saturated rings. The van der Waals surface area contributed by atoms with Crippen LogP contribution in [0.1, 0.15) is 0 Å². The first-order chi connectivity index (χ1) is 5.54. The summed E-state index contributed by atoms with van der Waals surface area (Å²) >= 11 is 6.13. The standard InChI is InChI=1S/C9H23ClN2O/c1-11(2,3)7-8(13)9(10)12(4,5)6/h8-9,13H,7H2,1-6H3/q+2. The number of halogens is 1. The van der Waals surface area contributed by atoms with Crippen LogP contribution in [0.4, 0.5) is 0 Å². The molecule has 2 unspecified atom stereocenters. The molecule has 1 N–H and O–H groups in total. The van der Waals surface area contributed by atoms with Crippen LogP contribution in [0.25, 0.3) is 0 Å². The topological polar surface area (TPSA) is 20.2 Å². The molecule has 0 aromatic heterocycles. The number of hydrogen-bond acceptors (Lipinski definition) is 1. The Labute approximate surface area is 86.7 Å². The molecule has 0 heterocycles. The molecule has 0 radical (unpaired) electrons. The average molecular weight is 211 g/mol. The van der Waals surface area contributed by atoms with Crippen molar-refractivity contribution in [3.63, 3.8) is 0 Å². The summed E-state index contributed by atoms with van der Waals surface area (Å²) in [6.07, 6.45) is -0.471. The number of hydrogen-bond donors (Lipinski definition) is 1. The zero-order chi connectivity index (χ0) is 10.9. The number of aliphatic hydroxyl groups is 1. The van der Waals surface area contributed by atoms with Crippen molar-refractivity contribution in [3.8, 4) is 0 Å². The van der Waals surface area contributed by atoms with Crippen LogP contribution in [0.2, 0.25) is 0 Å². The average Bonchev–Trinajstić information content (AvgIpc) is 1.79. The van der Waals surface area contributed by atoms with Crippen molar-refractivity contribution >= 4 is 11.6 Å². The number of quaternary nitrogens is 2. The van der Waals surface area contributed by atoms with Crippen LogP contribution in [-0.2, 0) is 0 Å². The van der Waals surface area contributed by atoms with Crippen molar-refractivity contribution in [1.82, 2.24) is 0 Å². The largest absolute Gasteiger partial charge is 0.380 e. The first-order valence-electron chi connectivity index (χ1n) is 4.48. The molecule has 0 saturated heterocycles. The Hall–Kier alpha value is 0.170. The molecule has 0 aliphatic rings. The van der Waals surface area contributed by atoms with Crippen LogP contribution in [-0.4, -0.2) is 74.5 Å². The number of alkyl halides is 1. The third-order valence-electron chi connectivity index (χ3n) is 1.79. The Kier molecular flexibility index (Phi) is 4.19. The maximum absolute atomic E-state index is 9.83. The number of rotatable bonds is 4. The zero-order valence-electron chi connectivity index (χ0n) is 9.58. The molecule has 0 aromatic carbocycles. The summed E-state index contributed by atoms with van der Waals surface area (Å²) in [6.45, 7) is 0.670. The van der Waals surface area contributed by atoms with E-state index in [1.165, 1.54) is 0 Å². The summed E-state index contributed by atoms with van der Waals surface area (Å²) in [6, 6.07) is 0. The Morgan fingerprint density at radius 3 is 1.69 bits per heavy atom. The van der Waals surface area contributed by atoms with Crippen LogP contribution < -0.4 is 0 Å². The first-order valence-corrected chi connectivity index (χ1v) is 4.91. The maximum Gasteiger partial charge on any atom is 0.196 e. The molecule has 80 valence electrons. The fourth-order valence-electron chi connectivity index (χ4n) is 1.16. The zero-order valence-corrected chi connectivity index (χ0v) is 10.3. The van der Waals surface area contributed by atoms with E-state index in [2.05, 4.69) is 0 Å². The molecule has 2 atom stereocenters. The molecule has 4 heteroatoms. The second-order valence-corrected chi connectivity index (χ2v) is 5.98. The van der Waals surface area contributed by atoms with Crippen LogP contribution in [0.5, 0.6) is 0 Å². The lowest BCUT2D eigenvalue weighted by Gasteiger charge is -2.35. The highest BCUT2D eigenvalue weighted by atomic mass is 35.5. The molecule has 0 amide bonds. The van der Waals surface area contributed by atoms with Gasteiger partial charge in [-0.15, -0.1) is 0 Å². The summed E-state index contributed by atoms with van der Waals surface area (Å²) in [7, 11) is 12.1. The van der Waals surface area contributed by atoms with Gasteiger partial charge in [-0.3, -0.25) is 0 Å². The van der Waals surface area contributed by atoms with Crippen molar-refractivity contribution in [3.05, 3.63) is 0 Å². The van der Waals surface area contributed by atoms with Gasteiger partial charge in [-0.2, -0.15) is 0 Å². The van der Waals surface area contributed by atoms with Crippen LogP contribution >= 0.6 is 11.6 Å². The Morgan fingerprint density at radius 1 is 1.08 bits per heavy atom. The van der Waals surface area contributed by atoms with Gasteiger partial charge in [0.25, 0.3) is 0 Å². The molecule has 0 aliphatic heterocycles. The fraction of sp³-hybridized carbons (Fsp3) is 1.00. The second-order valence-electron chi connectivity index (χ2n) is 5.53. The van der Waals surface area contributed by atoms with Gasteiger partial charge in [-0.25, -0.2) is 0 Å². The summed E-state index contributed by atoms with van der Waals surface area (Å²) in [4.78, 5) is 0. The number of aliphatic hydroxyl groups excluding tert-OH is 1. The highest BCUT2D eigenvalue weighted by molar-refractivity contribution is 6.20. The first kappa shape index (κ1) is 13.2. The van der Waals surface area contributed by atoms with Crippen molar-refractivity contribution in [1.29, 1.82) is 0 Å². The Balaban J connectivity index is 4.20. The van der Waals surface area contributed by atoms with Gasteiger partial charge in [0, 0.05) is 0 Å². The van der Waals surface area contributed by atoms with Gasteiger partial charge >= 0.3 is 0 Å². The van der Waals surface area contributed by atoms with Crippen molar-refractivity contribution in [2.45, 2.75) is 11.6 Å². The lowest BCUT2D eigenvalue weighted by Crippen LogP contribution is -2.54. The van der Waals surface area contributed by atoms with Crippen LogP contribution in [0.3, 0.4) is 0 Å². The van der Waals surface area contributed by atoms with Crippen molar-refractivity contribution in [2.24, 2.45) is 0 Å². The minimum Gasteiger partial charge on any atom is -0.380 e. The third kappa shape index (κ3) is 5.47. The molecular weight excluding hydrogens is 188 g/mol. The molecule has 0 spiro atoms. The maximum atomic E-state index is 9.83. The molecule has 0 aromatic rings.